The molecular formula is C16H14F2N4OS. The van der Waals surface area contributed by atoms with E-state index in [2.05, 4.69) is 20.0 Å². The number of rotatable bonds is 5. The topological polar surface area (TPSA) is 69.8 Å². The van der Waals surface area contributed by atoms with Crippen LogP contribution in [0.1, 0.15) is 5.56 Å². The van der Waals surface area contributed by atoms with Crippen LogP contribution >= 0.6 is 11.9 Å². The Labute approximate surface area is 141 Å². The molecule has 0 unspecified atom stereocenters. The van der Waals surface area contributed by atoms with Crippen LogP contribution in [0.2, 0.25) is 0 Å². The Morgan fingerprint density at radius 1 is 1.12 bits per heavy atom. The smallest absolute Gasteiger partial charge is 0.325 e. The fraction of sp³-hybridized carbons (Fsp3) is 0.125. The lowest BCUT2D eigenvalue weighted by Gasteiger charge is -2.07. The number of para-hydroxylation sites is 2. The number of aromatic nitrogens is 2. The van der Waals surface area contributed by atoms with Crippen LogP contribution in [0.3, 0.4) is 0 Å². The summed E-state index contributed by atoms with van der Waals surface area (Å²) in [5.41, 5.74) is 1.64. The van der Waals surface area contributed by atoms with Crippen molar-refractivity contribution in [2.75, 3.05) is 6.54 Å². The first-order valence-electron chi connectivity index (χ1n) is 7.22. The van der Waals surface area contributed by atoms with Gasteiger partial charge in [0.25, 0.3) is 0 Å². The molecule has 3 rings (SSSR count). The molecule has 24 heavy (non-hydrogen) atoms. The predicted molar refractivity (Wildman–Crippen MR) is 88.5 cm³/mol. The van der Waals surface area contributed by atoms with Crippen LogP contribution in [0.25, 0.3) is 11.0 Å². The molecule has 0 spiro atoms. The quantitative estimate of drug-likeness (QED) is 0.619. The first-order valence-corrected chi connectivity index (χ1v) is 8.03. The Hall–Kier alpha value is -2.61. The van der Waals surface area contributed by atoms with Crippen LogP contribution in [-0.2, 0) is 6.42 Å². The average Bonchev–Trinajstić information content (AvgIpc) is 2.98. The summed E-state index contributed by atoms with van der Waals surface area (Å²) >= 11 is 1.03. The number of H-pyrrole nitrogens is 1. The molecule has 0 saturated carbocycles. The molecule has 3 aromatic rings. The van der Waals surface area contributed by atoms with Crippen LogP contribution in [-0.4, -0.2) is 22.5 Å². The van der Waals surface area contributed by atoms with E-state index in [1.807, 2.05) is 24.3 Å². The lowest BCUT2D eigenvalue weighted by molar-refractivity contribution is 0.246. The van der Waals surface area contributed by atoms with Crippen molar-refractivity contribution in [1.29, 1.82) is 0 Å². The first kappa shape index (κ1) is 16.3. The van der Waals surface area contributed by atoms with E-state index >= 15 is 0 Å². The molecule has 0 atom stereocenters. The van der Waals surface area contributed by atoms with E-state index in [0.29, 0.717) is 5.16 Å². The third-order valence-corrected chi connectivity index (χ3v) is 4.00. The minimum atomic E-state index is -0.617. The molecule has 3 N–H and O–H groups in total. The third kappa shape index (κ3) is 3.83. The second-order valence-electron chi connectivity index (χ2n) is 4.97. The van der Waals surface area contributed by atoms with Gasteiger partial charge in [-0.3, -0.25) is 4.72 Å². The molecule has 1 aromatic heterocycles. The van der Waals surface area contributed by atoms with E-state index in [1.165, 1.54) is 18.2 Å². The summed E-state index contributed by atoms with van der Waals surface area (Å²) in [5.74, 6) is -1.23. The number of hydrogen-bond donors (Lipinski definition) is 3. The summed E-state index contributed by atoms with van der Waals surface area (Å²) in [5, 5.41) is 3.09. The zero-order valence-electron chi connectivity index (χ0n) is 12.5. The summed E-state index contributed by atoms with van der Waals surface area (Å²) in [7, 11) is 0. The minimum absolute atomic E-state index is 0.0391. The molecule has 0 fully saturated rings. The molecule has 2 amide bonds. The number of benzene rings is 2. The number of aromatic amines is 1. The number of amides is 2. The molecule has 2 aromatic carbocycles. The van der Waals surface area contributed by atoms with E-state index < -0.39 is 17.7 Å². The van der Waals surface area contributed by atoms with Gasteiger partial charge in [0.2, 0.25) is 0 Å². The molecule has 0 aliphatic heterocycles. The summed E-state index contributed by atoms with van der Waals surface area (Å²) in [6.45, 7) is 0.115. The number of nitrogens with zero attached hydrogens (tertiary/aromatic N) is 1. The normalized spacial score (nSPS) is 10.8. The maximum Gasteiger partial charge on any atom is 0.325 e. The van der Waals surface area contributed by atoms with Crippen molar-refractivity contribution in [2.24, 2.45) is 0 Å². The van der Waals surface area contributed by atoms with Gasteiger partial charge >= 0.3 is 6.03 Å². The number of hydrogen-bond acceptors (Lipinski definition) is 3. The summed E-state index contributed by atoms with van der Waals surface area (Å²) < 4.78 is 29.5. The number of urea groups is 1. The zero-order valence-corrected chi connectivity index (χ0v) is 13.3. The van der Waals surface area contributed by atoms with Gasteiger partial charge in [-0.15, -0.1) is 0 Å². The van der Waals surface area contributed by atoms with Crippen molar-refractivity contribution in [1.82, 2.24) is 20.0 Å². The number of nitrogens with one attached hydrogen (secondary N) is 3. The Balaban J connectivity index is 1.47. The predicted octanol–water partition coefficient (Wildman–Crippen LogP) is 3.39. The number of imidazole rings is 1. The van der Waals surface area contributed by atoms with E-state index in [1.54, 1.807) is 0 Å². The Kier molecular flexibility index (Phi) is 4.95. The average molecular weight is 348 g/mol. The monoisotopic (exact) mass is 348 g/mol. The van der Waals surface area contributed by atoms with Crippen LogP contribution in [0.5, 0.6) is 0 Å². The summed E-state index contributed by atoms with van der Waals surface area (Å²) in [6, 6.07) is 10.7. The number of carbonyl (C=O) groups is 1. The van der Waals surface area contributed by atoms with Gasteiger partial charge in [0, 0.05) is 24.1 Å². The van der Waals surface area contributed by atoms with Gasteiger partial charge in [0.15, 0.2) is 5.16 Å². The van der Waals surface area contributed by atoms with Crippen molar-refractivity contribution in [2.45, 2.75) is 11.6 Å². The molecular weight excluding hydrogens is 334 g/mol. The minimum Gasteiger partial charge on any atom is -0.337 e. The van der Waals surface area contributed by atoms with E-state index in [9.17, 15) is 13.6 Å². The molecule has 8 heteroatoms. The van der Waals surface area contributed by atoms with Crippen LogP contribution in [0.15, 0.2) is 47.6 Å². The highest BCUT2D eigenvalue weighted by atomic mass is 32.2. The van der Waals surface area contributed by atoms with E-state index in [-0.39, 0.29) is 18.5 Å². The standard InChI is InChI=1S/C16H14F2N4OS/c17-11-4-3-5-12(18)10(11)8-9-19-15(23)22-24-16-20-13-6-1-2-7-14(13)21-16/h1-7H,8-9H2,(H,20,21)(H2,19,22,23). The fourth-order valence-electron chi connectivity index (χ4n) is 2.18. The maximum atomic E-state index is 13.5. The van der Waals surface area contributed by atoms with Gasteiger partial charge in [0.05, 0.1) is 11.0 Å². The van der Waals surface area contributed by atoms with Crippen molar-refractivity contribution in [3.63, 3.8) is 0 Å². The molecule has 0 aliphatic rings. The van der Waals surface area contributed by atoms with Crippen LogP contribution in [0.4, 0.5) is 13.6 Å². The Bertz CT molecular complexity index is 815. The van der Waals surface area contributed by atoms with Crippen molar-refractivity contribution in [3.05, 3.63) is 59.7 Å². The third-order valence-electron chi connectivity index (χ3n) is 3.33. The highest BCUT2D eigenvalue weighted by molar-refractivity contribution is 7.97. The van der Waals surface area contributed by atoms with Gasteiger partial charge in [-0.2, -0.15) is 0 Å². The van der Waals surface area contributed by atoms with Crippen molar-refractivity contribution < 1.29 is 13.6 Å². The molecule has 5 nitrogen and oxygen atoms in total. The highest BCUT2D eigenvalue weighted by Gasteiger charge is 2.09. The summed E-state index contributed by atoms with van der Waals surface area (Å²) in [4.78, 5) is 19.1. The van der Waals surface area contributed by atoms with Gasteiger partial charge in [-0.05, 0) is 30.7 Å². The lowest BCUT2D eigenvalue weighted by Crippen LogP contribution is -2.33. The van der Waals surface area contributed by atoms with Crippen LogP contribution in [0, 0.1) is 11.6 Å². The van der Waals surface area contributed by atoms with Gasteiger partial charge < -0.3 is 10.3 Å². The van der Waals surface area contributed by atoms with E-state index in [4.69, 9.17) is 0 Å². The Morgan fingerprint density at radius 2 is 1.88 bits per heavy atom. The van der Waals surface area contributed by atoms with Gasteiger partial charge in [0.1, 0.15) is 11.6 Å². The summed E-state index contributed by atoms with van der Waals surface area (Å²) in [6.07, 6.45) is 0.0707. The first-order chi connectivity index (χ1) is 11.6. The number of carbonyl (C=O) groups excluding carboxylic acids is 1. The molecule has 1 heterocycles. The molecule has 0 saturated heterocycles. The zero-order chi connectivity index (χ0) is 16.9. The molecule has 0 bridgehead atoms. The van der Waals surface area contributed by atoms with Gasteiger partial charge in [-0.1, -0.05) is 18.2 Å². The number of halogens is 2. The Morgan fingerprint density at radius 3 is 2.62 bits per heavy atom. The second kappa shape index (κ2) is 7.31. The lowest BCUT2D eigenvalue weighted by atomic mass is 10.1. The highest BCUT2D eigenvalue weighted by Crippen LogP contribution is 2.16. The van der Waals surface area contributed by atoms with E-state index in [0.717, 1.165) is 23.0 Å². The molecule has 124 valence electrons. The van der Waals surface area contributed by atoms with Crippen molar-refractivity contribution >= 4 is 29.0 Å². The maximum absolute atomic E-state index is 13.5. The number of fused-ring (bicyclic) bond motifs is 1. The molecule has 0 aliphatic carbocycles. The second-order valence-corrected chi connectivity index (χ2v) is 5.76. The van der Waals surface area contributed by atoms with Gasteiger partial charge in [-0.25, -0.2) is 18.6 Å². The fourth-order valence-corrected chi connectivity index (χ4v) is 2.75. The largest absolute Gasteiger partial charge is 0.337 e. The SMILES string of the molecule is O=C(NCCc1c(F)cccc1F)NSc1nc2ccccc2[nH]1. The molecule has 0 radical (unpaired) electrons. The van der Waals surface area contributed by atoms with Crippen LogP contribution < -0.4 is 10.0 Å². The van der Waals surface area contributed by atoms with Crippen molar-refractivity contribution in [3.8, 4) is 0 Å².